The monoisotopic (exact) mass is 286 g/mol. The zero-order valence-electron chi connectivity index (χ0n) is 12.2. The molecule has 2 aliphatic carbocycles. The quantitative estimate of drug-likeness (QED) is 0.753. The molecule has 0 aliphatic heterocycles. The lowest BCUT2D eigenvalue weighted by atomic mass is 9.47. The van der Waals surface area contributed by atoms with Crippen LogP contribution in [0, 0.1) is 23.2 Å². The second kappa shape index (κ2) is 5.07. The van der Waals surface area contributed by atoms with Crippen LogP contribution in [0.25, 0.3) is 0 Å². The number of carbonyl (C=O) groups is 1. The lowest BCUT2D eigenvalue weighted by Crippen LogP contribution is -2.65. The normalized spacial score (nSPS) is 35.8. The molecule has 2 heteroatoms. The van der Waals surface area contributed by atoms with Gasteiger partial charge in [-0.15, -0.1) is 18.3 Å². The molecule has 1 aromatic carbocycles. The fourth-order valence-corrected chi connectivity index (χ4v) is 5.59. The van der Waals surface area contributed by atoms with E-state index in [0.717, 1.165) is 6.42 Å². The molecule has 0 radical (unpaired) electrons. The van der Waals surface area contributed by atoms with Crippen LogP contribution in [0.5, 0.6) is 0 Å². The van der Waals surface area contributed by atoms with Gasteiger partial charge in [-0.25, -0.2) is 0 Å². The molecule has 4 atom stereocenters. The highest BCUT2D eigenvalue weighted by molar-refractivity contribution is 8.00. The average Bonchev–Trinajstić information content (AvgIpc) is 2.48. The van der Waals surface area contributed by atoms with Crippen molar-refractivity contribution < 1.29 is 4.79 Å². The standard InChI is InChI=1S/C18H22OS/c1-4-18-11-10-14(12(2)3)15(16(18)19)17(18)20-13-8-6-5-7-9-13/h4-9,12,14-15,17H,1,10-11H2,2-3H3/t14-,15+,17-,18-/m0/s1. The highest BCUT2D eigenvalue weighted by Gasteiger charge is 2.65. The van der Waals surface area contributed by atoms with Gasteiger partial charge in [-0.3, -0.25) is 4.79 Å². The van der Waals surface area contributed by atoms with Crippen LogP contribution in [-0.4, -0.2) is 11.0 Å². The van der Waals surface area contributed by atoms with Gasteiger partial charge in [0.05, 0.1) is 5.41 Å². The first-order chi connectivity index (χ1) is 9.60. The number of ketones is 1. The van der Waals surface area contributed by atoms with Gasteiger partial charge in [0, 0.05) is 16.1 Å². The number of Topliss-reactive ketones (excluding diaryl/α,β-unsaturated/α-hetero) is 1. The number of allylic oxidation sites excluding steroid dienone is 1. The van der Waals surface area contributed by atoms with Gasteiger partial charge in [0.1, 0.15) is 5.78 Å². The third kappa shape index (κ3) is 1.88. The number of hydrogen-bond acceptors (Lipinski definition) is 2. The lowest BCUT2D eigenvalue weighted by molar-refractivity contribution is -0.152. The molecule has 1 aromatic rings. The van der Waals surface area contributed by atoms with E-state index in [1.165, 1.54) is 11.3 Å². The fraction of sp³-hybridized carbons (Fsp3) is 0.500. The molecule has 0 saturated heterocycles. The molecule has 20 heavy (non-hydrogen) atoms. The van der Waals surface area contributed by atoms with Gasteiger partial charge >= 0.3 is 0 Å². The van der Waals surface area contributed by atoms with Crippen molar-refractivity contribution in [3.63, 3.8) is 0 Å². The molecule has 2 aliphatic rings. The van der Waals surface area contributed by atoms with Crippen molar-refractivity contribution in [2.24, 2.45) is 23.2 Å². The summed E-state index contributed by atoms with van der Waals surface area (Å²) in [6.07, 6.45) is 4.09. The van der Waals surface area contributed by atoms with Crippen LogP contribution < -0.4 is 0 Å². The Morgan fingerprint density at radius 2 is 2.05 bits per heavy atom. The predicted molar refractivity (Wildman–Crippen MR) is 84.8 cm³/mol. The van der Waals surface area contributed by atoms with Crippen LogP contribution in [0.15, 0.2) is 47.9 Å². The minimum absolute atomic E-state index is 0.229. The Morgan fingerprint density at radius 3 is 2.60 bits per heavy atom. The third-order valence-corrected chi connectivity index (χ3v) is 6.69. The van der Waals surface area contributed by atoms with E-state index < -0.39 is 0 Å². The Hall–Kier alpha value is -1.02. The Morgan fingerprint density at radius 1 is 1.35 bits per heavy atom. The molecule has 0 heterocycles. The van der Waals surface area contributed by atoms with E-state index in [1.54, 1.807) is 0 Å². The molecular formula is C18H22OS. The van der Waals surface area contributed by atoms with Gasteiger partial charge in [-0.05, 0) is 36.8 Å². The zero-order valence-corrected chi connectivity index (χ0v) is 13.0. The first-order valence-electron chi connectivity index (χ1n) is 7.50. The maximum atomic E-state index is 12.6. The molecule has 0 unspecified atom stereocenters. The molecule has 2 fully saturated rings. The number of hydrogen-bond donors (Lipinski definition) is 0. The van der Waals surface area contributed by atoms with Crippen molar-refractivity contribution in [3.8, 4) is 0 Å². The molecule has 0 amide bonds. The Labute approximate surface area is 125 Å². The highest BCUT2D eigenvalue weighted by atomic mass is 32.2. The van der Waals surface area contributed by atoms with Crippen LogP contribution >= 0.6 is 11.8 Å². The smallest absolute Gasteiger partial charge is 0.148 e. The Balaban J connectivity index is 1.88. The summed E-state index contributed by atoms with van der Waals surface area (Å²) in [6, 6.07) is 10.5. The van der Waals surface area contributed by atoms with Crippen molar-refractivity contribution in [3.05, 3.63) is 43.0 Å². The summed E-state index contributed by atoms with van der Waals surface area (Å²) < 4.78 is 0. The summed E-state index contributed by atoms with van der Waals surface area (Å²) in [4.78, 5) is 13.9. The molecular weight excluding hydrogens is 264 g/mol. The maximum Gasteiger partial charge on any atom is 0.148 e. The lowest BCUT2D eigenvalue weighted by Gasteiger charge is -2.59. The second-order valence-corrected chi connectivity index (χ2v) is 7.65. The van der Waals surface area contributed by atoms with Crippen LogP contribution in [0.1, 0.15) is 26.7 Å². The molecule has 1 nitrogen and oxygen atoms in total. The highest BCUT2D eigenvalue weighted by Crippen LogP contribution is 2.62. The Kier molecular flexibility index (Phi) is 3.53. The number of thioether (sulfide) groups is 1. The van der Waals surface area contributed by atoms with Gasteiger partial charge in [0.15, 0.2) is 0 Å². The van der Waals surface area contributed by atoms with Crippen LogP contribution in [0.3, 0.4) is 0 Å². The van der Waals surface area contributed by atoms with E-state index in [2.05, 4.69) is 44.7 Å². The number of fused-ring (bicyclic) bond motifs is 2. The summed E-state index contributed by atoms with van der Waals surface area (Å²) >= 11 is 1.88. The molecule has 106 valence electrons. The summed E-state index contributed by atoms with van der Waals surface area (Å²) in [5.74, 6) is 1.81. The van der Waals surface area contributed by atoms with E-state index in [9.17, 15) is 4.79 Å². The number of rotatable bonds is 4. The number of benzene rings is 1. The molecule has 3 rings (SSSR count). The van der Waals surface area contributed by atoms with Gasteiger partial charge < -0.3 is 0 Å². The van der Waals surface area contributed by atoms with Gasteiger partial charge in [-0.1, -0.05) is 38.1 Å². The molecule has 2 bridgehead atoms. The van der Waals surface area contributed by atoms with Crippen molar-refractivity contribution in [2.75, 3.05) is 0 Å². The van der Waals surface area contributed by atoms with Gasteiger partial charge in [0.25, 0.3) is 0 Å². The summed E-state index contributed by atoms with van der Waals surface area (Å²) in [6.45, 7) is 8.47. The fourth-order valence-electron chi connectivity index (χ4n) is 3.97. The van der Waals surface area contributed by atoms with Crippen molar-refractivity contribution in [1.82, 2.24) is 0 Å². The first kappa shape index (κ1) is 13.9. The van der Waals surface area contributed by atoms with Crippen LogP contribution in [0.2, 0.25) is 0 Å². The summed E-state index contributed by atoms with van der Waals surface area (Å²) in [5.41, 5.74) is -0.253. The molecule has 0 aromatic heterocycles. The largest absolute Gasteiger partial charge is 0.298 e. The minimum Gasteiger partial charge on any atom is -0.298 e. The maximum absolute atomic E-state index is 12.6. The van der Waals surface area contributed by atoms with Crippen molar-refractivity contribution >= 4 is 17.5 Å². The SMILES string of the molecule is C=C[C@]12CC[C@@H](C(C)C)[C@H](C1=O)[C@@H]2Sc1ccccc1. The second-order valence-electron chi connectivity index (χ2n) is 6.43. The third-order valence-electron chi connectivity index (χ3n) is 5.17. The van der Waals surface area contributed by atoms with E-state index in [1.807, 2.05) is 23.9 Å². The van der Waals surface area contributed by atoms with Gasteiger partial charge in [-0.2, -0.15) is 0 Å². The van der Waals surface area contributed by atoms with E-state index in [0.29, 0.717) is 22.9 Å². The van der Waals surface area contributed by atoms with E-state index >= 15 is 0 Å². The minimum atomic E-state index is -0.253. The first-order valence-corrected chi connectivity index (χ1v) is 8.38. The van der Waals surface area contributed by atoms with Crippen molar-refractivity contribution in [2.45, 2.75) is 36.8 Å². The van der Waals surface area contributed by atoms with Crippen LogP contribution in [-0.2, 0) is 4.79 Å². The van der Waals surface area contributed by atoms with E-state index in [4.69, 9.17) is 0 Å². The zero-order chi connectivity index (χ0) is 14.3. The predicted octanol–water partition coefficient (Wildman–Crippen LogP) is 4.58. The topological polar surface area (TPSA) is 17.1 Å². The molecule has 0 spiro atoms. The summed E-state index contributed by atoms with van der Waals surface area (Å²) in [5, 5.41) is 0.385. The average molecular weight is 286 g/mol. The van der Waals surface area contributed by atoms with Gasteiger partial charge in [0.2, 0.25) is 0 Å². The van der Waals surface area contributed by atoms with Crippen LogP contribution in [0.4, 0.5) is 0 Å². The molecule has 2 saturated carbocycles. The van der Waals surface area contributed by atoms with E-state index in [-0.39, 0.29) is 11.3 Å². The van der Waals surface area contributed by atoms with Crippen molar-refractivity contribution in [1.29, 1.82) is 0 Å². The molecule has 0 N–H and O–H groups in total. The number of carbonyl (C=O) groups excluding carboxylic acids is 1. The summed E-state index contributed by atoms with van der Waals surface area (Å²) in [7, 11) is 0. The Bertz CT molecular complexity index is 521.